The Kier molecular flexibility index (Phi) is 7.52. The van der Waals surface area contributed by atoms with Gasteiger partial charge in [0.2, 0.25) is 0 Å². The molecule has 0 radical (unpaired) electrons. The maximum Gasteiger partial charge on any atom is 0.0991 e. The first-order valence-corrected chi connectivity index (χ1v) is 11.6. The van der Waals surface area contributed by atoms with Gasteiger partial charge in [0.05, 0.1) is 11.6 Å². The molecule has 0 aliphatic rings. The van der Waals surface area contributed by atoms with Crippen molar-refractivity contribution in [2.45, 2.75) is 32.1 Å². The quantitative estimate of drug-likeness (QED) is 0.263. The van der Waals surface area contributed by atoms with E-state index in [-0.39, 0.29) is 0 Å². The van der Waals surface area contributed by atoms with Crippen molar-refractivity contribution in [1.29, 1.82) is 5.26 Å². The van der Waals surface area contributed by atoms with E-state index >= 15 is 0 Å². The molecule has 4 aromatic rings. The Bertz CT molecular complexity index is 1210. The molecule has 162 valence electrons. The van der Waals surface area contributed by atoms with E-state index < -0.39 is 0 Å². The molecule has 4 rings (SSSR count). The fraction of sp³-hybridized carbons (Fsp3) is 0.156. The Morgan fingerprint density at radius 2 is 1.12 bits per heavy atom. The molecule has 0 heterocycles. The van der Waals surface area contributed by atoms with Gasteiger partial charge in [0.25, 0.3) is 0 Å². The first-order chi connectivity index (χ1) is 16.2. The molecule has 0 unspecified atom stereocenters. The Morgan fingerprint density at radius 1 is 0.636 bits per heavy atom. The highest BCUT2D eigenvalue weighted by atomic mass is 14.2. The molecular formula is C32H29N. The van der Waals surface area contributed by atoms with Crippen LogP contribution < -0.4 is 0 Å². The van der Waals surface area contributed by atoms with E-state index in [1.807, 2.05) is 24.3 Å². The summed E-state index contributed by atoms with van der Waals surface area (Å²) in [6, 6.07) is 38.4. The second-order valence-corrected chi connectivity index (χ2v) is 8.64. The predicted octanol–water partition coefficient (Wildman–Crippen LogP) is 7.86. The summed E-state index contributed by atoms with van der Waals surface area (Å²) in [5.41, 5.74) is 8.50. The van der Waals surface area contributed by atoms with Crippen molar-refractivity contribution in [1.82, 2.24) is 0 Å². The second-order valence-electron chi connectivity index (χ2n) is 8.64. The van der Waals surface area contributed by atoms with E-state index in [4.69, 9.17) is 5.26 Å². The monoisotopic (exact) mass is 427 g/mol. The maximum atomic E-state index is 8.89. The van der Waals surface area contributed by atoms with E-state index in [0.717, 1.165) is 24.8 Å². The number of hydrogen-bond acceptors (Lipinski definition) is 1. The molecule has 33 heavy (non-hydrogen) atoms. The Hall–Kier alpha value is -3.89. The van der Waals surface area contributed by atoms with Crippen molar-refractivity contribution in [2.75, 3.05) is 0 Å². The second kappa shape index (κ2) is 11.1. The van der Waals surface area contributed by atoms with Gasteiger partial charge in [0.1, 0.15) is 0 Å². The highest BCUT2D eigenvalue weighted by molar-refractivity contribution is 5.69. The smallest absolute Gasteiger partial charge is 0.0991 e. The zero-order chi connectivity index (χ0) is 22.9. The lowest BCUT2D eigenvalue weighted by molar-refractivity contribution is 0.758. The molecule has 0 saturated heterocycles. The van der Waals surface area contributed by atoms with Crippen LogP contribution in [-0.2, 0) is 19.3 Å². The number of aryl methyl sites for hydroxylation is 2. The third kappa shape index (κ3) is 6.55. The molecular weight excluding hydrogens is 398 g/mol. The number of nitrogens with zero attached hydrogens (tertiary/aromatic N) is 1. The minimum Gasteiger partial charge on any atom is -0.192 e. The fourth-order valence-corrected chi connectivity index (χ4v) is 4.04. The van der Waals surface area contributed by atoms with Gasteiger partial charge in [-0.15, -0.1) is 0 Å². The first kappa shape index (κ1) is 22.3. The summed E-state index contributed by atoms with van der Waals surface area (Å²) in [5.74, 6) is 0.529. The van der Waals surface area contributed by atoms with Crippen LogP contribution in [-0.4, -0.2) is 0 Å². The van der Waals surface area contributed by atoms with Crippen molar-refractivity contribution in [3.8, 4) is 6.07 Å². The minimum atomic E-state index is 0.529. The summed E-state index contributed by atoms with van der Waals surface area (Å²) in [5, 5.41) is 8.89. The van der Waals surface area contributed by atoms with Gasteiger partial charge < -0.3 is 0 Å². The third-order valence-electron chi connectivity index (χ3n) is 6.12. The average Bonchev–Trinajstić information content (AvgIpc) is 2.88. The number of hydrogen-bond donors (Lipinski definition) is 0. The molecule has 0 aliphatic heterocycles. The average molecular weight is 428 g/mol. The lowest BCUT2D eigenvalue weighted by Gasteiger charge is -2.12. The van der Waals surface area contributed by atoms with E-state index in [1.165, 1.54) is 27.8 Å². The summed E-state index contributed by atoms with van der Waals surface area (Å²) in [7, 11) is 0. The molecule has 1 atom stereocenters. The van der Waals surface area contributed by atoms with Crippen LogP contribution in [0.4, 0.5) is 0 Å². The topological polar surface area (TPSA) is 23.8 Å². The summed E-state index contributed by atoms with van der Waals surface area (Å²) >= 11 is 0. The van der Waals surface area contributed by atoms with Crippen molar-refractivity contribution >= 4 is 12.2 Å². The van der Waals surface area contributed by atoms with Crippen molar-refractivity contribution in [3.05, 3.63) is 142 Å². The standard InChI is InChI=1S/C32H29N/c1-25(32-5-3-2-4-6-32)23-30-19-15-28(16-20-30)13-11-26-7-9-27(10-8-26)12-14-29-17-21-31(24-33)22-18-29/h2-10,12,14-22,25H,11,13,23H2,1H3/t25-/m1/s1. The van der Waals surface area contributed by atoms with E-state index in [0.29, 0.717) is 11.5 Å². The predicted molar refractivity (Wildman–Crippen MR) is 139 cm³/mol. The summed E-state index contributed by atoms with van der Waals surface area (Å²) in [6.45, 7) is 2.30. The number of benzene rings is 4. The van der Waals surface area contributed by atoms with Crippen LogP contribution in [0.1, 0.15) is 51.8 Å². The molecule has 0 saturated carbocycles. The molecule has 0 aliphatic carbocycles. The molecule has 1 heteroatoms. The number of nitriles is 1. The summed E-state index contributed by atoms with van der Waals surface area (Å²) in [6.07, 6.45) is 7.35. The third-order valence-corrected chi connectivity index (χ3v) is 6.12. The van der Waals surface area contributed by atoms with E-state index in [1.54, 1.807) is 0 Å². The zero-order valence-corrected chi connectivity index (χ0v) is 19.1. The molecule has 0 fully saturated rings. The number of rotatable bonds is 8. The molecule has 0 N–H and O–H groups in total. The van der Waals surface area contributed by atoms with Gasteiger partial charge >= 0.3 is 0 Å². The Morgan fingerprint density at radius 3 is 1.67 bits per heavy atom. The van der Waals surface area contributed by atoms with Gasteiger partial charge in [-0.1, -0.05) is 110 Å². The maximum absolute atomic E-state index is 8.89. The van der Waals surface area contributed by atoms with Gasteiger partial charge in [-0.25, -0.2) is 0 Å². The molecule has 0 aromatic heterocycles. The summed E-state index contributed by atoms with van der Waals surface area (Å²) in [4.78, 5) is 0. The highest BCUT2D eigenvalue weighted by Crippen LogP contribution is 2.21. The van der Waals surface area contributed by atoms with Gasteiger partial charge in [0, 0.05) is 0 Å². The van der Waals surface area contributed by atoms with Crippen LogP contribution in [0.2, 0.25) is 0 Å². The van der Waals surface area contributed by atoms with Gasteiger partial charge in [-0.2, -0.15) is 5.26 Å². The minimum absolute atomic E-state index is 0.529. The van der Waals surface area contributed by atoms with Gasteiger partial charge in [-0.05, 0) is 70.7 Å². The van der Waals surface area contributed by atoms with Crippen LogP contribution in [0.25, 0.3) is 12.2 Å². The van der Waals surface area contributed by atoms with Gasteiger partial charge in [0.15, 0.2) is 0 Å². The summed E-state index contributed by atoms with van der Waals surface area (Å²) < 4.78 is 0. The SMILES string of the molecule is C[C@H](Cc1ccc(CCc2ccc(C=Cc3ccc(C#N)cc3)cc2)cc1)c1ccccc1. The molecule has 0 bridgehead atoms. The van der Waals surface area contributed by atoms with Crippen LogP contribution in [0, 0.1) is 11.3 Å². The Balaban J connectivity index is 1.28. The first-order valence-electron chi connectivity index (χ1n) is 11.6. The van der Waals surface area contributed by atoms with Crippen LogP contribution in [0.15, 0.2) is 103 Å². The van der Waals surface area contributed by atoms with Gasteiger partial charge in [-0.3, -0.25) is 0 Å². The van der Waals surface area contributed by atoms with Crippen LogP contribution in [0.5, 0.6) is 0 Å². The Labute approximate surface area is 197 Å². The molecule has 4 aromatic carbocycles. The zero-order valence-electron chi connectivity index (χ0n) is 19.1. The molecule has 1 nitrogen and oxygen atoms in total. The normalized spacial score (nSPS) is 11.9. The lowest BCUT2D eigenvalue weighted by Crippen LogP contribution is -1.99. The van der Waals surface area contributed by atoms with E-state index in [2.05, 4.69) is 104 Å². The largest absolute Gasteiger partial charge is 0.192 e. The molecule has 0 spiro atoms. The van der Waals surface area contributed by atoms with E-state index in [9.17, 15) is 0 Å². The van der Waals surface area contributed by atoms with Crippen LogP contribution >= 0.6 is 0 Å². The van der Waals surface area contributed by atoms with Crippen molar-refractivity contribution < 1.29 is 0 Å². The van der Waals surface area contributed by atoms with Crippen LogP contribution in [0.3, 0.4) is 0 Å². The van der Waals surface area contributed by atoms with Crippen molar-refractivity contribution in [2.24, 2.45) is 0 Å². The lowest BCUT2D eigenvalue weighted by atomic mass is 9.93. The van der Waals surface area contributed by atoms with Crippen molar-refractivity contribution in [3.63, 3.8) is 0 Å². The molecule has 0 amide bonds. The highest BCUT2D eigenvalue weighted by Gasteiger charge is 2.06. The fourth-order valence-electron chi connectivity index (χ4n) is 4.04.